The van der Waals surface area contributed by atoms with Crippen LogP contribution < -0.4 is 10.6 Å². The highest BCUT2D eigenvalue weighted by Crippen LogP contribution is 2.20. The van der Waals surface area contributed by atoms with E-state index in [1.807, 2.05) is 7.05 Å². The molecule has 1 aromatic rings. The lowest BCUT2D eigenvalue weighted by molar-refractivity contribution is 0.0411. The van der Waals surface area contributed by atoms with Crippen LogP contribution >= 0.6 is 11.3 Å². The number of nitrogens with zero attached hydrogens (tertiary/aromatic N) is 2. The molecule has 1 saturated heterocycles. The van der Waals surface area contributed by atoms with Crippen molar-refractivity contribution in [2.45, 2.75) is 82.9 Å². The first kappa shape index (κ1) is 22.6. The van der Waals surface area contributed by atoms with E-state index in [-0.39, 0.29) is 0 Å². The normalized spacial score (nSPS) is 20.5. The van der Waals surface area contributed by atoms with Gasteiger partial charge in [-0.1, -0.05) is 25.7 Å². The molecular formula is C23H40N4OS. The number of guanidine groups is 1. The molecule has 0 aromatic carbocycles. The van der Waals surface area contributed by atoms with Crippen LogP contribution in [0.4, 0.5) is 0 Å². The Morgan fingerprint density at radius 3 is 2.62 bits per heavy atom. The zero-order valence-electron chi connectivity index (χ0n) is 18.2. The van der Waals surface area contributed by atoms with Gasteiger partial charge in [-0.2, -0.15) is 11.3 Å². The number of hydrogen-bond acceptors (Lipinski definition) is 4. The van der Waals surface area contributed by atoms with Gasteiger partial charge in [0.25, 0.3) is 0 Å². The fraction of sp³-hybridized carbons (Fsp3) is 0.783. The average Bonchev–Trinajstić information content (AvgIpc) is 3.12. The van der Waals surface area contributed by atoms with Gasteiger partial charge in [-0.25, -0.2) is 0 Å². The lowest BCUT2D eigenvalue weighted by Crippen LogP contribution is -2.48. The molecule has 2 N–H and O–H groups in total. The Morgan fingerprint density at radius 2 is 1.93 bits per heavy atom. The summed E-state index contributed by atoms with van der Waals surface area (Å²) in [5.41, 5.74) is 1.45. The maximum Gasteiger partial charge on any atom is 0.191 e. The molecule has 1 saturated carbocycles. The molecule has 3 rings (SSSR count). The fourth-order valence-electron chi connectivity index (χ4n) is 4.36. The van der Waals surface area contributed by atoms with Crippen molar-refractivity contribution >= 4 is 17.3 Å². The summed E-state index contributed by atoms with van der Waals surface area (Å²) in [6.07, 6.45) is 13.1. The molecule has 1 aliphatic heterocycles. The standard InChI is InChI=1S/C23H40N4OS/c1-24-23(25-13-6-7-16-28-22-8-4-2-3-5-9-22)26-21-10-14-27(15-11-21)18-20-12-17-29-19-20/h12,17,19,21-22H,2-11,13-16,18H2,1H3,(H2,24,25,26). The van der Waals surface area contributed by atoms with E-state index in [9.17, 15) is 0 Å². The molecule has 0 bridgehead atoms. The highest BCUT2D eigenvalue weighted by Gasteiger charge is 2.20. The number of hydrogen-bond donors (Lipinski definition) is 2. The first-order chi connectivity index (χ1) is 14.3. The van der Waals surface area contributed by atoms with Crippen LogP contribution in [0.15, 0.2) is 21.8 Å². The third-order valence-corrected chi connectivity index (χ3v) is 6.89. The molecule has 6 heteroatoms. The van der Waals surface area contributed by atoms with E-state index < -0.39 is 0 Å². The van der Waals surface area contributed by atoms with Gasteiger partial charge in [-0.15, -0.1) is 0 Å². The summed E-state index contributed by atoms with van der Waals surface area (Å²) in [7, 11) is 1.87. The molecule has 2 fully saturated rings. The number of piperidine rings is 1. The molecule has 0 radical (unpaired) electrons. The number of nitrogens with one attached hydrogen (secondary N) is 2. The molecule has 2 heterocycles. The second-order valence-corrected chi connectivity index (χ2v) is 9.30. The van der Waals surface area contributed by atoms with Crippen molar-refractivity contribution < 1.29 is 4.74 Å². The number of aliphatic imine (C=N–C) groups is 1. The quantitative estimate of drug-likeness (QED) is 0.269. The van der Waals surface area contributed by atoms with Gasteiger partial charge in [-0.05, 0) is 60.9 Å². The Hall–Kier alpha value is -1.11. The minimum absolute atomic E-state index is 0.519. The first-order valence-corrected chi connectivity index (χ1v) is 12.6. The van der Waals surface area contributed by atoms with Gasteiger partial charge in [0, 0.05) is 45.9 Å². The van der Waals surface area contributed by atoms with Gasteiger partial charge < -0.3 is 15.4 Å². The molecule has 0 spiro atoms. The maximum atomic E-state index is 6.09. The van der Waals surface area contributed by atoms with Crippen LogP contribution in [0, 0.1) is 0 Å². The van der Waals surface area contributed by atoms with E-state index in [1.54, 1.807) is 11.3 Å². The van der Waals surface area contributed by atoms with Crippen molar-refractivity contribution in [3.8, 4) is 0 Å². The van der Waals surface area contributed by atoms with Crippen molar-refractivity contribution in [2.75, 3.05) is 33.3 Å². The van der Waals surface area contributed by atoms with Crippen LogP contribution in [-0.2, 0) is 11.3 Å². The van der Waals surface area contributed by atoms with E-state index in [0.29, 0.717) is 12.1 Å². The van der Waals surface area contributed by atoms with Gasteiger partial charge >= 0.3 is 0 Å². The Bertz CT molecular complexity index is 561. The summed E-state index contributed by atoms with van der Waals surface area (Å²) in [6.45, 7) is 5.27. The molecule has 5 nitrogen and oxygen atoms in total. The molecule has 1 aliphatic carbocycles. The third kappa shape index (κ3) is 8.65. The van der Waals surface area contributed by atoms with Gasteiger partial charge in [0.2, 0.25) is 0 Å². The van der Waals surface area contributed by atoms with E-state index in [1.165, 1.54) is 56.9 Å². The van der Waals surface area contributed by atoms with Crippen molar-refractivity contribution in [3.63, 3.8) is 0 Å². The monoisotopic (exact) mass is 420 g/mol. The van der Waals surface area contributed by atoms with Gasteiger partial charge in [0.1, 0.15) is 0 Å². The van der Waals surface area contributed by atoms with E-state index in [4.69, 9.17) is 4.74 Å². The second-order valence-electron chi connectivity index (χ2n) is 8.52. The van der Waals surface area contributed by atoms with Crippen molar-refractivity contribution in [1.29, 1.82) is 0 Å². The summed E-state index contributed by atoms with van der Waals surface area (Å²) in [5.74, 6) is 0.950. The SMILES string of the molecule is CN=C(NCCCCOC1CCCCCC1)NC1CCN(Cc2ccsc2)CC1. The lowest BCUT2D eigenvalue weighted by Gasteiger charge is -2.33. The predicted molar refractivity (Wildman–Crippen MR) is 124 cm³/mol. The largest absolute Gasteiger partial charge is 0.378 e. The van der Waals surface area contributed by atoms with Gasteiger partial charge in [0.05, 0.1) is 6.10 Å². The number of ether oxygens (including phenoxy) is 1. The Balaban J connectivity index is 1.22. The minimum atomic E-state index is 0.519. The van der Waals surface area contributed by atoms with Crippen LogP contribution in [0.25, 0.3) is 0 Å². The van der Waals surface area contributed by atoms with Crippen molar-refractivity contribution in [2.24, 2.45) is 4.99 Å². The molecular weight excluding hydrogens is 380 g/mol. The molecule has 29 heavy (non-hydrogen) atoms. The number of unbranched alkanes of at least 4 members (excludes halogenated alkanes) is 1. The second kappa shape index (κ2) is 13.2. The van der Waals surface area contributed by atoms with E-state index >= 15 is 0 Å². The van der Waals surface area contributed by atoms with Gasteiger partial charge in [0.15, 0.2) is 5.96 Å². The number of thiophene rings is 1. The zero-order chi connectivity index (χ0) is 20.2. The highest BCUT2D eigenvalue weighted by molar-refractivity contribution is 7.07. The topological polar surface area (TPSA) is 48.9 Å². The van der Waals surface area contributed by atoms with Crippen molar-refractivity contribution in [1.82, 2.24) is 15.5 Å². The van der Waals surface area contributed by atoms with Crippen molar-refractivity contribution in [3.05, 3.63) is 22.4 Å². The number of rotatable bonds is 9. The third-order valence-electron chi connectivity index (χ3n) is 6.16. The zero-order valence-corrected chi connectivity index (χ0v) is 19.0. The summed E-state index contributed by atoms with van der Waals surface area (Å²) < 4.78 is 6.09. The van der Waals surface area contributed by atoms with Gasteiger partial charge in [-0.3, -0.25) is 9.89 Å². The van der Waals surface area contributed by atoms with Crippen LogP contribution in [0.3, 0.4) is 0 Å². The molecule has 0 atom stereocenters. The summed E-state index contributed by atoms with van der Waals surface area (Å²) in [6, 6.07) is 2.76. The molecule has 164 valence electrons. The fourth-order valence-corrected chi connectivity index (χ4v) is 5.02. The van der Waals surface area contributed by atoms with Crippen LogP contribution in [0.2, 0.25) is 0 Å². The number of likely N-dealkylation sites (tertiary alicyclic amines) is 1. The first-order valence-electron chi connectivity index (χ1n) is 11.7. The van der Waals surface area contributed by atoms with E-state index in [2.05, 4.69) is 37.4 Å². The van der Waals surface area contributed by atoms with Crippen LogP contribution in [0.5, 0.6) is 0 Å². The summed E-state index contributed by atoms with van der Waals surface area (Å²) in [5, 5.41) is 11.5. The lowest BCUT2D eigenvalue weighted by atomic mass is 10.0. The Kier molecular flexibility index (Phi) is 10.3. The van der Waals surface area contributed by atoms with E-state index in [0.717, 1.165) is 51.6 Å². The predicted octanol–water partition coefficient (Wildman–Crippen LogP) is 4.40. The molecule has 2 aliphatic rings. The summed E-state index contributed by atoms with van der Waals surface area (Å²) >= 11 is 1.79. The molecule has 0 unspecified atom stereocenters. The average molecular weight is 421 g/mol. The minimum Gasteiger partial charge on any atom is -0.378 e. The Labute approximate surface area is 181 Å². The smallest absolute Gasteiger partial charge is 0.191 e. The van der Waals surface area contributed by atoms with Crippen LogP contribution in [-0.4, -0.2) is 56.3 Å². The Morgan fingerprint density at radius 1 is 1.14 bits per heavy atom. The highest BCUT2D eigenvalue weighted by atomic mass is 32.1. The van der Waals surface area contributed by atoms with Crippen LogP contribution in [0.1, 0.15) is 69.8 Å². The maximum absolute atomic E-state index is 6.09. The summed E-state index contributed by atoms with van der Waals surface area (Å²) in [4.78, 5) is 6.97. The molecule has 1 aromatic heterocycles. The molecule has 0 amide bonds.